The van der Waals surface area contributed by atoms with Crippen LogP contribution in [0.3, 0.4) is 0 Å². The van der Waals surface area contributed by atoms with Crippen molar-refractivity contribution in [2.45, 2.75) is 37.4 Å². The van der Waals surface area contributed by atoms with E-state index in [1.165, 1.54) is 9.21 Å². The van der Waals surface area contributed by atoms with Gasteiger partial charge in [-0.15, -0.1) is 0 Å². The predicted octanol–water partition coefficient (Wildman–Crippen LogP) is 3.68. The lowest BCUT2D eigenvalue weighted by atomic mass is 10.0. The number of rotatable bonds is 8. The maximum Gasteiger partial charge on any atom is 0.253 e. The summed E-state index contributed by atoms with van der Waals surface area (Å²) in [7, 11) is 1.41. The van der Waals surface area contributed by atoms with Gasteiger partial charge in [-0.25, -0.2) is 8.42 Å². The molecule has 0 spiro atoms. The number of fused-ring (bicyclic) bond motifs is 2. The number of aliphatic hydroxyl groups excluding tert-OH is 1. The minimum Gasteiger partial charge on any atom is -0.487 e. The van der Waals surface area contributed by atoms with Gasteiger partial charge in [-0.2, -0.15) is 4.31 Å². The lowest BCUT2D eigenvalue weighted by Crippen LogP contribution is -2.49. The minimum absolute atomic E-state index is 0.0485. The second-order valence-corrected chi connectivity index (χ2v) is 13.4. The standard InChI is InChI=1S/C32H39N3O7S/c1-21-16-35(22(2)19-36)43(38,39)31-12-10-25(24-7-6-8-26(14-24)32(37)33(3)4)15-29(31)42-30(21)18-34(5)17-23-9-11-27-28(13-23)41-20-40-27/h6-15,21-22,30,36H,16-20H2,1-5H3/t21-,22+,30-/m0/s1. The van der Waals surface area contributed by atoms with E-state index >= 15 is 0 Å². The maximum absolute atomic E-state index is 13.9. The zero-order valence-electron chi connectivity index (χ0n) is 25.2. The zero-order valence-corrected chi connectivity index (χ0v) is 26.0. The van der Waals surface area contributed by atoms with E-state index in [1.807, 2.05) is 38.2 Å². The van der Waals surface area contributed by atoms with Crippen LogP contribution in [0.25, 0.3) is 11.1 Å². The Bertz CT molecular complexity index is 1590. The van der Waals surface area contributed by atoms with Crippen molar-refractivity contribution < 1.29 is 32.5 Å². The molecule has 0 unspecified atom stereocenters. The largest absolute Gasteiger partial charge is 0.487 e. The Balaban J connectivity index is 1.49. The van der Waals surface area contributed by atoms with Gasteiger partial charge in [0.15, 0.2) is 11.5 Å². The van der Waals surface area contributed by atoms with Crippen LogP contribution in [0, 0.1) is 5.92 Å². The third kappa shape index (κ3) is 6.50. The van der Waals surface area contributed by atoms with Crippen molar-refractivity contribution in [3.8, 4) is 28.4 Å². The molecule has 3 atom stereocenters. The highest BCUT2D eigenvalue weighted by Gasteiger charge is 2.38. The van der Waals surface area contributed by atoms with Crippen LogP contribution in [-0.2, 0) is 16.6 Å². The number of benzene rings is 3. The van der Waals surface area contributed by atoms with E-state index < -0.39 is 16.1 Å². The quantitative estimate of drug-likeness (QED) is 0.412. The number of ether oxygens (including phenoxy) is 3. The number of aliphatic hydroxyl groups is 1. The second kappa shape index (κ2) is 12.5. The molecule has 5 rings (SSSR count). The van der Waals surface area contributed by atoms with E-state index in [0.717, 1.165) is 28.2 Å². The van der Waals surface area contributed by atoms with Crippen molar-refractivity contribution >= 4 is 15.9 Å². The third-order valence-electron chi connectivity index (χ3n) is 7.90. The molecule has 43 heavy (non-hydrogen) atoms. The Hall–Kier alpha value is -3.64. The van der Waals surface area contributed by atoms with Crippen LogP contribution in [0.4, 0.5) is 0 Å². The van der Waals surface area contributed by atoms with Gasteiger partial charge in [-0.3, -0.25) is 9.69 Å². The van der Waals surface area contributed by atoms with Crippen LogP contribution in [0.5, 0.6) is 17.2 Å². The summed E-state index contributed by atoms with van der Waals surface area (Å²) in [6.45, 7) is 4.92. The van der Waals surface area contributed by atoms with Crippen LogP contribution < -0.4 is 14.2 Å². The fraction of sp³-hybridized carbons (Fsp3) is 0.406. The van der Waals surface area contributed by atoms with E-state index in [1.54, 1.807) is 57.4 Å². The predicted molar refractivity (Wildman–Crippen MR) is 163 cm³/mol. The molecular weight excluding hydrogens is 570 g/mol. The highest BCUT2D eigenvalue weighted by atomic mass is 32.2. The molecule has 0 bridgehead atoms. The molecule has 10 nitrogen and oxygen atoms in total. The fourth-order valence-electron chi connectivity index (χ4n) is 5.44. The van der Waals surface area contributed by atoms with E-state index in [9.17, 15) is 18.3 Å². The number of carbonyl (C=O) groups excluding carboxylic acids is 1. The molecule has 0 radical (unpaired) electrons. The summed E-state index contributed by atoms with van der Waals surface area (Å²) < 4.78 is 46.7. The molecule has 0 aromatic heterocycles. The van der Waals surface area contributed by atoms with Gasteiger partial charge in [0.05, 0.1) is 6.61 Å². The summed E-state index contributed by atoms with van der Waals surface area (Å²) in [4.78, 5) is 16.3. The van der Waals surface area contributed by atoms with E-state index in [4.69, 9.17) is 14.2 Å². The van der Waals surface area contributed by atoms with Gasteiger partial charge in [0, 0.05) is 51.3 Å². The first-order chi connectivity index (χ1) is 20.5. The van der Waals surface area contributed by atoms with Gasteiger partial charge >= 0.3 is 0 Å². The maximum atomic E-state index is 13.9. The third-order valence-corrected chi connectivity index (χ3v) is 9.92. The van der Waals surface area contributed by atoms with Gasteiger partial charge in [-0.05, 0) is 67.1 Å². The van der Waals surface area contributed by atoms with Crippen LogP contribution >= 0.6 is 0 Å². The molecule has 2 aliphatic heterocycles. The Kier molecular flexibility index (Phi) is 8.98. The monoisotopic (exact) mass is 609 g/mol. The summed E-state index contributed by atoms with van der Waals surface area (Å²) in [6.07, 6.45) is -0.362. The lowest BCUT2D eigenvalue weighted by molar-refractivity contribution is 0.0734. The fourth-order valence-corrected chi connectivity index (χ4v) is 7.26. The second-order valence-electron chi connectivity index (χ2n) is 11.6. The first kappa shape index (κ1) is 30.8. The highest BCUT2D eigenvalue weighted by molar-refractivity contribution is 7.89. The molecule has 0 saturated heterocycles. The van der Waals surface area contributed by atoms with Crippen LogP contribution in [0.15, 0.2) is 65.6 Å². The minimum atomic E-state index is -3.98. The number of sulfonamides is 1. The zero-order chi connectivity index (χ0) is 30.9. The summed E-state index contributed by atoms with van der Waals surface area (Å²) >= 11 is 0. The number of hydrogen-bond donors (Lipinski definition) is 1. The molecule has 1 N–H and O–H groups in total. The Morgan fingerprint density at radius 2 is 1.74 bits per heavy atom. The summed E-state index contributed by atoms with van der Waals surface area (Å²) in [5.41, 5.74) is 3.08. The average Bonchev–Trinajstić information content (AvgIpc) is 3.46. The Labute approximate surface area is 253 Å². The molecule has 11 heteroatoms. The van der Waals surface area contributed by atoms with Crippen LogP contribution in [-0.4, -0.2) is 93.3 Å². The number of nitrogens with zero attached hydrogens (tertiary/aromatic N) is 3. The molecule has 230 valence electrons. The molecule has 1 amide bonds. The SMILES string of the molecule is C[C@H](CO)N1C[C@H](C)[C@H](CN(C)Cc2ccc3c(c2)OCO3)Oc2cc(-c3cccc(C(=O)N(C)C)c3)ccc2S1(=O)=O. The number of carbonyl (C=O) groups is 1. The first-order valence-corrected chi connectivity index (χ1v) is 15.7. The van der Waals surface area contributed by atoms with Crippen molar-refractivity contribution in [3.63, 3.8) is 0 Å². The molecule has 3 aromatic carbocycles. The van der Waals surface area contributed by atoms with Gasteiger partial charge in [-0.1, -0.05) is 31.2 Å². The van der Waals surface area contributed by atoms with Gasteiger partial charge in [0.25, 0.3) is 5.91 Å². The van der Waals surface area contributed by atoms with Crippen LogP contribution in [0.2, 0.25) is 0 Å². The Morgan fingerprint density at radius 1 is 1.00 bits per heavy atom. The molecule has 2 heterocycles. The van der Waals surface area contributed by atoms with Crippen molar-refractivity contribution in [1.29, 1.82) is 0 Å². The molecule has 3 aromatic rings. The number of likely N-dealkylation sites (N-methyl/N-ethyl adjacent to an activating group) is 1. The molecule has 0 fully saturated rings. The van der Waals surface area contributed by atoms with Crippen molar-refractivity contribution in [2.75, 3.05) is 47.6 Å². The van der Waals surface area contributed by atoms with Crippen molar-refractivity contribution in [1.82, 2.24) is 14.1 Å². The van der Waals surface area contributed by atoms with Gasteiger partial charge < -0.3 is 24.2 Å². The Morgan fingerprint density at radius 3 is 2.49 bits per heavy atom. The topological polar surface area (TPSA) is 109 Å². The van der Waals surface area contributed by atoms with E-state index in [0.29, 0.717) is 18.7 Å². The number of amides is 1. The summed E-state index contributed by atoms with van der Waals surface area (Å²) in [5, 5.41) is 9.96. The molecular formula is C32H39N3O7S. The first-order valence-electron chi connectivity index (χ1n) is 14.3. The van der Waals surface area contributed by atoms with Gasteiger partial charge in [0.2, 0.25) is 16.8 Å². The van der Waals surface area contributed by atoms with E-state index in [-0.39, 0.29) is 48.5 Å². The summed E-state index contributed by atoms with van der Waals surface area (Å²) in [6, 6.07) is 17.5. The number of hydrogen-bond acceptors (Lipinski definition) is 8. The molecule has 0 saturated carbocycles. The smallest absolute Gasteiger partial charge is 0.253 e. The average molecular weight is 610 g/mol. The summed E-state index contributed by atoms with van der Waals surface area (Å²) in [5.74, 6) is 1.37. The highest BCUT2D eigenvalue weighted by Crippen LogP contribution is 2.37. The van der Waals surface area contributed by atoms with E-state index in [2.05, 4.69) is 4.90 Å². The van der Waals surface area contributed by atoms with Crippen molar-refractivity contribution in [3.05, 3.63) is 71.8 Å². The van der Waals surface area contributed by atoms with Crippen LogP contribution in [0.1, 0.15) is 29.8 Å². The molecule has 0 aliphatic carbocycles. The molecule has 2 aliphatic rings. The lowest BCUT2D eigenvalue weighted by Gasteiger charge is -2.37. The van der Waals surface area contributed by atoms with Gasteiger partial charge in [0.1, 0.15) is 16.7 Å². The normalized spacial score (nSPS) is 20.1. The van der Waals surface area contributed by atoms with Crippen molar-refractivity contribution in [2.24, 2.45) is 5.92 Å².